The smallest absolute Gasteiger partial charge is 0.292 e. The van der Waals surface area contributed by atoms with E-state index in [2.05, 4.69) is 10.4 Å². The molecular weight excluding hydrogens is 268 g/mol. The van der Waals surface area contributed by atoms with Gasteiger partial charge in [-0.2, -0.15) is 5.10 Å². The molecule has 0 aliphatic carbocycles. The molecule has 2 aromatic rings. The van der Waals surface area contributed by atoms with Crippen LogP contribution >= 0.6 is 11.6 Å². The van der Waals surface area contributed by atoms with E-state index in [0.29, 0.717) is 17.3 Å². The van der Waals surface area contributed by atoms with E-state index in [1.54, 1.807) is 24.0 Å². The maximum absolute atomic E-state index is 11.0. The number of aromatic nitrogens is 2. The van der Waals surface area contributed by atoms with Crippen LogP contribution in [0.3, 0.4) is 0 Å². The molecule has 0 amide bonds. The predicted molar refractivity (Wildman–Crippen MR) is 73.7 cm³/mol. The van der Waals surface area contributed by atoms with Crippen LogP contribution in [0.5, 0.6) is 0 Å². The third kappa shape index (κ3) is 2.85. The molecule has 0 fully saturated rings. The number of nitrogens with one attached hydrogen (secondary N) is 1. The van der Waals surface area contributed by atoms with Crippen molar-refractivity contribution >= 4 is 23.0 Å². The van der Waals surface area contributed by atoms with Gasteiger partial charge in [0, 0.05) is 19.3 Å². The van der Waals surface area contributed by atoms with Crippen molar-refractivity contribution in [3.8, 4) is 0 Å². The van der Waals surface area contributed by atoms with Gasteiger partial charge in [0.25, 0.3) is 5.69 Å². The highest BCUT2D eigenvalue weighted by Crippen LogP contribution is 2.25. The molecule has 0 spiro atoms. The van der Waals surface area contributed by atoms with Crippen LogP contribution in [0.2, 0.25) is 5.02 Å². The summed E-state index contributed by atoms with van der Waals surface area (Å²) in [4.78, 5) is 10.6. The van der Waals surface area contributed by atoms with Gasteiger partial charge in [0.1, 0.15) is 5.69 Å². The molecule has 100 valence electrons. The number of anilines is 1. The fourth-order valence-corrected chi connectivity index (χ4v) is 1.95. The fourth-order valence-electron chi connectivity index (χ4n) is 1.80. The standard InChI is InChI=1S/C12H13ClN4O2/c1-8-10(13)7-16(15-8)6-9-3-4-11(14-2)12(5-9)17(18)19/h3-5,7,14H,6H2,1-2H3. The van der Waals surface area contributed by atoms with Gasteiger partial charge < -0.3 is 5.32 Å². The van der Waals surface area contributed by atoms with Gasteiger partial charge >= 0.3 is 0 Å². The van der Waals surface area contributed by atoms with Crippen LogP contribution in [0.25, 0.3) is 0 Å². The second kappa shape index (κ2) is 5.27. The van der Waals surface area contributed by atoms with Gasteiger partial charge in [0.2, 0.25) is 0 Å². The third-order valence-corrected chi connectivity index (χ3v) is 3.13. The maximum Gasteiger partial charge on any atom is 0.292 e. The highest BCUT2D eigenvalue weighted by molar-refractivity contribution is 6.31. The van der Waals surface area contributed by atoms with E-state index in [-0.39, 0.29) is 5.69 Å². The molecule has 0 unspecified atom stereocenters. The van der Waals surface area contributed by atoms with E-state index in [4.69, 9.17) is 11.6 Å². The molecule has 0 bridgehead atoms. The Morgan fingerprint density at radius 1 is 1.53 bits per heavy atom. The largest absolute Gasteiger partial charge is 0.383 e. The summed E-state index contributed by atoms with van der Waals surface area (Å²) < 4.78 is 1.66. The van der Waals surface area contributed by atoms with Gasteiger partial charge in [0.05, 0.1) is 22.2 Å². The van der Waals surface area contributed by atoms with Crippen LogP contribution in [0, 0.1) is 17.0 Å². The lowest BCUT2D eigenvalue weighted by atomic mass is 10.1. The zero-order chi connectivity index (χ0) is 14.0. The summed E-state index contributed by atoms with van der Waals surface area (Å²) in [7, 11) is 1.65. The van der Waals surface area contributed by atoms with Crippen molar-refractivity contribution in [2.24, 2.45) is 0 Å². The molecule has 6 nitrogen and oxygen atoms in total. The Bertz CT molecular complexity index is 605. The minimum atomic E-state index is -0.406. The first kappa shape index (κ1) is 13.4. The third-order valence-electron chi connectivity index (χ3n) is 2.76. The molecule has 1 aromatic heterocycles. The summed E-state index contributed by atoms with van der Waals surface area (Å²) in [6, 6.07) is 5.05. The summed E-state index contributed by atoms with van der Waals surface area (Å²) in [5.74, 6) is 0. The Hall–Kier alpha value is -2.08. The average Bonchev–Trinajstić information content (AvgIpc) is 2.68. The molecule has 1 heterocycles. The lowest BCUT2D eigenvalue weighted by Gasteiger charge is -2.05. The van der Waals surface area contributed by atoms with Crippen molar-refractivity contribution in [2.45, 2.75) is 13.5 Å². The van der Waals surface area contributed by atoms with Gasteiger partial charge in [-0.1, -0.05) is 17.7 Å². The summed E-state index contributed by atoms with van der Waals surface area (Å²) in [5.41, 5.74) is 2.08. The first-order chi connectivity index (χ1) is 9.01. The van der Waals surface area contributed by atoms with Gasteiger partial charge in [-0.3, -0.25) is 14.8 Å². The number of rotatable bonds is 4. The number of nitro groups is 1. The first-order valence-corrected chi connectivity index (χ1v) is 6.03. The van der Waals surface area contributed by atoms with E-state index in [9.17, 15) is 10.1 Å². The fraction of sp³-hybridized carbons (Fsp3) is 0.250. The number of hydrogen-bond donors (Lipinski definition) is 1. The van der Waals surface area contributed by atoms with Crippen molar-refractivity contribution in [1.29, 1.82) is 0 Å². The van der Waals surface area contributed by atoms with Crippen molar-refractivity contribution < 1.29 is 4.92 Å². The zero-order valence-electron chi connectivity index (χ0n) is 10.6. The number of aryl methyl sites for hydroxylation is 1. The Balaban J connectivity index is 2.30. The summed E-state index contributed by atoms with van der Waals surface area (Å²) in [6.07, 6.45) is 1.70. The van der Waals surface area contributed by atoms with Crippen molar-refractivity contribution in [3.63, 3.8) is 0 Å². The highest BCUT2D eigenvalue weighted by Gasteiger charge is 2.14. The lowest BCUT2D eigenvalue weighted by Crippen LogP contribution is -2.03. The normalized spacial score (nSPS) is 10.5. The van der Waals surface area contributed by atoms with E-state index >= 15 is 0 Å². The minimum Gasteiger partial charge on any atom is -0.383 e. The average molecular weight is 281 g/mol. The molecule has 19 heavy (non-hydrogen) atoms. The topological polar surface area (TPSA) is 73.0 Å². The SMILES string of the molecule is CNc1ccc(Cn2cc(Cl)c(C)n2)cc1[N+](=O)[O-]. The van der Waals surface area contributed by atoms with Crippen LogP contribution < -0.4 is 5.32 Å². The van der Waals surface area contributed by atoms with E-state index in [0.717, 1.165) is 11.3 Å². The second-order valence-electron chi connectivity index (χ2n) is 4.12. The summed E-state index contributed by atoms with van der Waals surface area (Å²) >= 11 is 5.92. The van der Waals surface area contributed by atoms with E-state index < -0.39 is 4.92 Å². The predicted octanol–water partition coefficient (Wildman–Crippen LogP) is 2.84. The lowest BCUT2D eigenvalue weighted by molar-refractivity contribution is -0.384. The zero-order valence-corrected chi connectivity index (χ0v) is 11.3. The van der Waals surface area contributed by atoms with Crippen molar-refractivity contribution in [1.82, 2.24) is 9.78 Å². The van der Waals surface area contributed by atoms with Crippen molar-refractivity contribution in [2.75, 3.05) is 12.4 Å². The van der Waals surface area contributed by atoms with Crippen LogP contribution in [0.4, 0.5) is 11.4 Å². The van der Waals surface area contributed by atoms with Crippen LogP contribution in [-0.4, -0.2) is 21.8 Å². The van der Waals surface area contributed by atoms with Crippen LogP contribution in [-0.2, 0) is 6.54 Å². The summed E-state index contributed by atoms with van der Waals surface area (Å²) in [5, 5.41) is 18.6. The Kier molecular flexibility index (Phi) is 3.71. The molecule has 0 radical (unpaired) electrons. The molecular formula is C12H13ClN4O2. The van der Waals surface area contributed by atoms with Gasteiger partial charge in [-0.05, 0) is 18.6 Å². The van der Waals surface area contributed by atoms with Gasteiger partial charge in [-0.15, -0.1) is 0 Å². The summed E-state index contributed by atoms with van der Waals surface area (Å²) in [6.45, 7) is 2.25. The van der Waals surface area contributed by atoms with Gasteiger partial charge in [0.15, 0.2) is 0 Å². The van der Waals surface area contributed by atoms with Crippen LogP contribution in [0.1, 0.15) is 11.3 Å². The number of hydrogen-bond acceptors (Lipinski definition) is 4. The number of nitrogens with zero attached hydrogens (tertiary/aromatic N) is 3. The Morgan fingerprint density at radius 2 is 2.26 bits per heavy atom. The minimum absolute atomic E-state index is 0.0509. The molecule has 7 heteroatoms. The number of halogens is 1. The maximum atomic E-state index is 11.0. The first-order valence-electron chi connectivity index (χ1n) is 5.66. The monoisotopic (exact) mass is 280 g/mol. The molecule has 0 atom stereocenters. The molecule has 1 aromatic carbocycles. The molecule has 0 aliphatic heterocycles. The Labute approximate surface area is 115 Å². The molecule has 1 N–H and O–H groups in total. The molecule has 0 saturated carbocycles. The number of benzene rings is 1. The molecule has 2 rings (SSSR count). The van der Waals surface area contributed by atoms with Gasteiger partial charge in [-0.25, -0.2) is 0 Å². The Morgan fingerprint density at radius 3 is 2.79 bits per heavy atom. The quantitative estimate of drug-likeness (QED) is 0.690. The van der Waals surface area contributed by atoms with E-state index in [1.165, 1.54) is 6.07 Å². The van der Waals surface area contributed by atoms with E-state index in [1.807, 2.05) is 13.0 Å². The molecule has 0 saturated heterocycles. The molecule has 0 aliphatic rings. The van der Waals surface area contributed by atoms with Crippen LogP contribution in [0.15, 0.2) is 24.4 Å². The highest BCUT2D eigenvalue weighted by atomic mass is 35.5. The van der Waals surface area contributed by atoms with Crippen molar-refractivity contribution in [3.05, 3.63) is 50.8 Å². The number of nitro benzene ring substituents is 1. The second-order valence-corrected chi connectivity index (χ2v) is 4.53.